The van der Waals surface area contributed by atoms with Crippen molar-refractivity contribution in [2.24, 2.45) is 5.10 Å². The van der Waals surface area contributed by atoms with Crippen molar-refractivity contribution in [3.8, 4) is 5.75 Å². The lowest BCUT2D eigenvalue weighted by Gasteiger charge is -2.22. The van der Waals surface area contributed by atoms with Crippen molar-refractivity contribution >= 4 is 45.3 Å². The van der Waals surface area contributed by atoms with E-state index in [1.54, 1.807) is 54.6 Å². The molecule has 0 saturated carbocycles. The van der Waals surface area contributed by atoms with Gasteiger partial charge >= 0.3 is 0 Å². The Morgan fingerprint density at radius 1 is 0.897 bits per heavy atom. The van der Waals surface area contributed by atoms with Crippen LogP contribution in [0.2, 0.25) is 10.0 Å². The van der Waals surface area contributed by atoms with Gasteiger partial charge in [0.1, 0.15) is 12.4 Å². The summed E-state index contributed by atoms with van der Waals surface area (Å²) in [5.74, 6) is 0.0846. The number of hydrazone groups is 1. The van der Waals surface area contributed by atoms with Gasteiger partial charge in [-0.05, 0) is 65.2 Å². The van der Waals surface area contributed by atoms with Gasteiger partial charge in [-0.3, -0.25) is 4.79 Å². The molecule has 0 heterocycles. The number of halogens is 2. The monoisotopic (exact) mass is 581 g/mol. The third-order valence-electron chi connectivity index (χ3n) is 5.59. The van der Waals surface area contributed by atoms with E-state index in [0.29, 0.717) is 28.0 Å². The molecule has 0 aliphatic heterocycles. The second-order valence-corrected chi connectivity index (χ2v) is 11.2. The Bertz CT molecular complexity index is 1530. The SMILES string of the molecule is O=C(CN(Cc1ccc(Cl)cc1Cl)S(=O)(=O)c1ccccc1)N/N=C\c1ccc(OCc2ccccc2)cc1. The maximum atomic E-state index is 13.3. The molecule has 4 rings (SSSR count). The molecule has 0 bridgehead atoms. The van der Waals surface area contributed by atoms with Crippen LogP contribution in [0.1, 0.15) is 16.7 Å². The van der Waals surface area contributed by atoms with Gasteiger partial charge in [-0.25, -0.2) is 13.8 Å². The zero-order valence-electron chi connectivity index (χ0n) is 20.7. The van der Waals surface area contributed by atoms with E-state index >= 15 is 0 Å². The fourth-order valence-corrected chi connectivity index (χ4v) is 5.44. The van der Waals surface area contributed by atoms with Crippen molar-refractivity contribution < 1.29 is 17.9 Å². The lowest BCUT2D eigenvalue weighted by atomic mass is 10.2. The third-order valence-corrected chi connectivity index (χ3v) is 7.99. The van der Waals surface area contributed by atoms with Gasteiger partial charge < -0.3 is 4.74 Å². The van der Waals surface area contributed by atoms with Gasteiger partial charge in [0.2, 0.25) is 10.0 Å². The smallest absolute Gasteiger partial charge is 0.255 e. The number of hydrogen-bond acceptors (Lipinski definition) is 5. The molecule has 200 valence electrons. The van der Waals surface area contributed by atoms with Crippen LogP contribution in [0.25, 0.3) is 0 Å². The van der Waals surface area contributed by atoms with E-state index in [1.807, 2.05) is 30.3 Å². The highest BCUT2D eigenvalue weighted by molar-refractivity contribution is 7.89. The standard InChI is InChI=1S/C29H25Cl2N3O4S/c30-25-14-13-24(28(31)17-25)19-34(39(36,37)27-9-5-2-6-10-27)20-29(35)33-32-18-22-11-15-26(16-12-22)38-21-23-7-3-1-4-8-23/h1-18H,19-21H2,(H,33,35)/b32-18-. The summed E-state index contributed by atoms with van der Waals surface area (Å²) in [6.07, 6.45) is 1.46. The number of carbonyl (C=O) groups excluding carboxylic acids is 1. The summed E-state index contributed by atoms with van der Waals surface area (Å²) in [6, 6.07) is 29.7. The first kappa shape index (κ1) is 28.3. The van der Waals surface area contributed by atoms with Crippen molar-refractivity contribution in [2.75, 3.05) is 6.54 Å². The van der Waals surface area contributed by atoms with E-state index in [2.05, 4.69) is 10.5 Å². The quantitative estimate of drug-likeness (QED) is 0.176. The molecule has 7 nitrogen and oxygen atoms in total. The van der Waals surface area contributed by atoms with Gasteiger partial charge in [0.05, 0.1) is 17.7 Å². The lowest BCUT2D eigenvalue weighted by Crippen LogP contribution is -2.39. The fourth-order valence-electron chi connectivity index (χ4n) is 3.57. The maximum absolute atomic E-state index is 13.3. The molecule has 0 radical (unpaired) electrons. The first-order chi connectivity index (χ1) is 18.8. The van der Waals surface area contributed by atoms with E-state index in [1.165, 1.54) is 24.4 Å². The van der Waals surface area contributed by atoms with Gasteiger partial charge in [-0.1, -0.05) is 77.8 Å². The van der Waals surface area contributed by atoms with Crippen molar-refractivity contribution in [3.05, 3.63) is 130 Å². The second kappa shape index (κ2) is 13.4. The molecule has 0 spiro atoms. The summed E-state index contributed by atoms with van der Waals surface area (Å²) < 4.78 is 33.5. The number of amides is 1. The predicted molar refractivity (Wildman–Crippen MR) is 153 cm³/mol. The van der Waals surface area contributed by atoms with Crippen LogP contribution in [0.5, 0.6) is 5.75 Å². The van der Waals surface area contributed by atoms with Crippen LogP contribution in [0.3, 0.4) is 0 Å². The van der Waals surface area contributed by atoms with Crippen LogP contribution in [0.4, 0.5) is 0 Å². The molecule has 10 heteroatoms. The lowest BCUT2D eigenvalue weighted by molar-refractivity contribution is -0.121. The van der Waals surface area contributed by atoms with Gasteiger partial charge in [-0.2, -0.15) is 9.41 Å². The minimum absolute atomic E-state index is 0.0564. The highest BCUT2D eigenvalue weighted by Gasteiger charge is 2.27. The van der Waals surface area contributed by atoms with Gasteiger partial charge in [0.15, 0.2) is 0 Å². The van der Waals surface area contributed by atoms with Crippen LogP contribution in [0, 0.1) is 0 Å². The van der Waals surface area contributed by atoms with Crippen LogP contribution in [-0.4, -0.2) is 31.4 Å². The number of carbonyl (C=O) groups is 1. The predicted octanol–water partition coefficient (Wildman–Crippen LogP) is 5.91. The highest BCUT2D eigenvalue weighted by Crippen LogP contribution is 2.25. The summed E-state index contributed by atoms with van der Waals surface area (Å²) >= 11 is 12.3. The molecule has 0 aliphatic rings. The second-order valence-electron chi connectivity index (χ2n) is 8.46. The number of sulfonamides is 1. The normalized spacial score (nSPS) is 11.6. The Labute approximate surface area is 237 Å². The topological polar surface area (TPSA) is 88.1 Å². The minimum atomic E-state index is -4.01. The third kappa shape index (κ3) is 8.15. The van der Waals surface area contributed by atoms with Crippen LogP contribution >= 0.6 is 23.2 Å². The van der Waals surface area contributed by atoms with Gasteiger partial charge in [-0.15, -0.1) is 0 Å². The summed E-state index contributed by atoms with van der Waals surface area (Å²) in [7, 11) is -4.01. The number of hydrogen-bond donors (Lipinski definition) is 1. The highest BCUT2D eigenvalue weighted by atomic mass is 35.5. The molecular formula is C29H25Cl2N3O4S. The number of benzene rings is 4. The molecule has 1 amide bonds. The first-order valence-corrected chi connectivity index (χ1v) is 14.1. The average molecular weight is 583 g/mol. The van der Waals surface area contributed by atoms with Crippen molar-refractivity contribution in [1.82, 2.24) is 9.73 Å². The van der Waals surface area contributed by atoms with E-state index in [9.17, 15) is 13.2 Å². The summed E-state index contributed by atoms with van der Waals surface area (Å²) in [4.78, 5) is 12.8. The molecule has 0 unspecified atom stereocenters. The van der Waals surface area contributed by atoms with Crippen LogP contribution in [0.15, 0.2) is 113 Å². The van der Waals surface area contributed by atoms with Gasteiger partial charge in [0, 0.05) is 16.6 Å². The molecule has 1 N–H and O–H groups in total. The maximum Gasteiger partial charge on any atom is 0.255 e. The zero-order chi connectivity index (χ0) is 27.7. The van der Waals surface area contributed by atoms with Crippen molar-refractivity contribution in [3.63, 3.8) is 0 Å². The van der Waals surface area contributed by atoms with E-state index < -0.39 is 22.5 Å². The molecule has 0 fully saturated rings. The van der Waals surface area contributed by atoms with E-state index in [0.717, 1.165) is 15.4 Å². The molecule has 4 aromatic carbocycles. The molecule has 0 aliphatic carbocycles. The molecule has 0 saturated heterocycles. The number of ether oxygens (including phenoxy) is 1. The van der Waals surface area contributed by atoms with Crippen LogP contribution in [-0.2, 0) is 28.0 Å². The zero-order valence-corrected chi connectivity index (χ0v) is 23.0. The van der Waals surface area contributed by atoms with Crippen LogP contribution < -0.4 is 10.2 Å². The van der Waals surface area contributed by atoms with Gasteiger partial charge in [0.25, 0.3) is 5.91 Å². The Balaban J connectivity index is 1.40. The number of nitrogens with one attached hydrogen (secondary N) is 1. The summed E-state index contributed by atoms with van der Waals surface area (Å²) in [5.41, 5.74) is 4.69. The number of rotatable bonds is 11. The number of nitrogens with zero attached hydrogens (tertiary/aromatic N) is 2. The molecule has 4 aromatic rings. The fraction of sp³-hybridized carbons (Fsp3) is 0.103. The van der Waals surface area contributed by atoms with E-state index in [-0.39, 0.29) is 11.4 Å². The summed E-state index contributed by atoms with van der Waals surface area (Å²) in [5, 5.41) is 4.70. The Kier molecular flexibility index (Phi) is 9.73. The van der Waals surface area contributed by atoms with E-state index in [4.69, 9.17) is 27.9 Å². The molecular weight excluding hydrogens is 557 g/mol. The van der Waals surface area contributed by atoms with Crippen molar-refractivity contribution in [2.45, 2.75) is 18.0 Å². The molecule has 39 heavy (non-hydrogen) atoms. The first-order valence-electron chi connectivity index (χ1n) is 11.9. The minimum Gasteiger partial charge on any atom is -0.489 e. The largest absolute Gasteiger partial charge is 0.489 e. The average Bonchev–Trinajstić information content (AvgIpc) is 2.94. The summed E-state index contributed by atoms with van der Waals surface area (Å²) in [6.45, 7) is -0.150. The Morgan fingerprint density at radius 2 is 1.56 bits per heavy atom. The van der Waals surface area contributed by atoms with Crippen molar-refractivity contribution in [1.29, 1.82) is 0 Å². The Morgan fingerprint density at radius 3 is 2.23 bits per heavy atom. The Hall–Kier alpha value is -3.69. The molecule has 0 aromatic heterocycles. The molecule has 0 atom stereocenters.